The van der Waals surface area contributed by atoms with Crippen LogP contribution in [0.3, 0.4) is 0 Å². The first-order valence-corrected chi connectivity index (χ1v) is 8.40. The molecule has 0 aliphatic carbocycles. The molecule has 2 N–H and O–H groups in total. The van der Waals surface area contributed by atoms with E-state index in [0.717, 1.165) is 38.6 Å². The molecular formula is C14H16IN3S. The van der Waals surface area contributed by atoms with E-state index in [1.165, 1.54) is 0 Å². The van der Waals surface area contributed by atoms with Gasteiger partial charge >= 0.3 is 0 Å². The Kier molecular flexibility index (Phi) is 5.45. The molecule has 0 aliphatic rings. The molecule has 0 spiro atoms. The largest absolute Gasteiger partial charge is 0.383 e. The summed E-state index contributed by atoms with van der Waals surface area (Å²) >= 11 is 4.06. The van der Waals surface area contributed by atoms with Crippen LogP contribution in [0.1, 0.15) is 19.2 Å². The average Bonchev–Trinajstić information content (AvgIpc) is 2.44. The van der Waals surface area contributed by atoms with Crippen LogP contribution in [0.2, 0.25) is 0 Å². The summed E-state index contributed by atoms with van der Waals surface area (Å²) in [5, 5.41) is 0. The normalized spacial score (nSPS) is 10.6. The molecule has 0 saturated carbocycles. The van der Waals surface area contributed by atoms with E-state index in [-0.39, 0.29) is 0 Å². The second-order valence-corrected chi connectivity index (χ2v) is 6.29. The highest BCUT2D eigenvalue weighted by Gasteiger charge is 2.11. The van der Waals surface area contributed by atoms with E-state index in [1.807, 2.05) is 42.1 Å². The van der Waals surface area contributed by atoms with Gasteiger partial charge in [-0.05, 0) is 34.8 Å². The Morgan fingerprint density at radius 1 is 1.21 bits per heavy atom. The van der Waals surface area contributed by atoms with Gasteiger partial charge in [-0.25, -0.2) is 9.97 Å². The number of thioether (sulfide) groups is 1. The molecule has 0 aliphatic heterocycles. The van der Waals surface area contributed by atoms with Gasteiger partial charge in [0, 0.05) is 5.56 Å². The molecule has 3 nitrogen and oxygen atoms in total. The fraction of sp³-hybridized carbons (Fsp3) is 0.286. The first-order valence-electron chi connectivity index (χ1n) is 6.17. The second kappa shape index (κ2) is 7.09. The van der Waals surface area contributed by atoms with Crippen LogP contribution in [-0.2, 0) is 5.75 Å². The Morgan fingerprint density at radius 3 is 2.63 bits per heavy atom. The van der Waals surface area contributed by atoms with Gasteiger partial charge in [-0.2, -0.15) is 11.8 Å². The van der Waals surface area contributed by atoms with Crippen LogP contribution in [-0.4, -0.2) is 15.7 Å². The van der Waals surface area contributed by atoms with Crippen LogP contribution in [0.4, 0.5) is 5.82 Å². The molecule has 100 valence electrons. The van der Waals surface area contributed by atoms with Crippen LogP contribution in [0, 0.1) is 3.57 Å². The molecule has 0 atom stereocenters. The molecule has 1 aromatic heterocycles. The third-order valence-electron chi connectivity index (χ3n) is 2.55. The molecule has 2 aromatic rings. The van der Waals surface area contributed by atoms with Crippen molar-refractivity contribution >= 4 is 40.2 Å². The Morgan fingerprint density at radius 2 is 1.95 bits per heavy atom. The molecule has 0 fully saturated rings. The molecule has 0 unspecified atom stereocenters. The van der Waals surface area contributed by atoms with Crippen molar-refractivity contribution in [3.05, 3.63) is 39.7 Å². The van der Waals surface area contributed by atoms with Crippen molar-refractivity contribution in [1.82, 2.24) is 9.97 Å². The zero-order chi connectivity index (χ0) is 13.7. The van der Waals surface area contributed by atoms with Gasteiger partial charge in [-0.1, -0.05) is 37.3 Å². The minimum absolute atomic E-state index is 0.571. The van der Waals surface area contributed by atoms with Crippen molar-refractivity contribution in [3.63, 3.8) is 0 Å². The molecule has 19 heavy (non-hydrogen) atoms. The number of nitrogens with zero attached hydrogens (tertiary/aromatic N) is 2. The van der Waals surface area contributed by atoms with Gasteiger partial charge in [-0.15, -0.1) is 0 Å². The van der Waals surface area contributed by atoms with Crippen LogP contribution in [0.15, 0.2) is 30.3 Å². The van der Waals surface area contributed by atoms with Crippen molar-refractivity contribution in [2.45, 2.75) is 19.1 Å². The van der Waals surface area contributed by atoms with Gasteiger partial charge in [0.05, 0.1) is 15.0 Å². The number of nitrogens with two attached hydrogens (primary N) is 1. The van der Waals surface area contributed by atoms with E-state index in [1.54, 1.807) is 0 Å². The monoisotopic (exact) mass is 385 g/mol. The molecule has 1 aromatic carbocycles. The smallest absolute Gasteiger partial charge is 0.141 e. The van der Waals surface area contributed by atoms with E-state index in [4.69, 9.17) is 5.73 Å². The lowest BCUT2D eigenvalue weighted by Crippen LogP contribution is -2.04. The highest BCUT2D eigenvalue weighted by Crippen LogP contribution is 2.27. The highest BCUT2D eigenvalue weighted by atomic mass is 127. The molecule has 0 amide bonds. The number of aromatic nitrogens is 2. The van der Waals surface area contributed by atoms with Crippen molar-refractivity contribution in [2.75, 3.05) is 11.5 Å². The van der Waals surface area contributed by atoms with Gasteiger partial charge in [-0.3, -0.25) is 0 Å². The van der Waals surface area contributed by atoms with E-state index < -0.39 is 0 Å². The average molecular weight is 385 g/mol. The van der Waals surface area contributed by atoms with Crippen LogP contribution in [0.5, 0.6) is 0 Å². The number of hydrogen-bond donors (Lipinski definition) is 1. The standard InChI is InChI=1S/C14H16IN3S/c1-2-8-19-9-11-17-13(12(15)14(16)18-11)10-6-4-3-5-7-10/h3-7H,2,8-9H2,1H3,(H2,16,17,18). The van der Waals surface area contributed by atoms with Crippen LogP contribution >= 0.6 is 34.4 Å². The van der Waals surface area contributed by atoms with E-state index in [2.05, 4.69) is 39.5 Å². The Bertz CT molecular complexity index is 546. The summed E-state index contributed by atoms with van der Waals surface area (Å²) in [4.78, 5) is 9.02. The van der Waals surface area contributed by atoms with Gasteiger partial charge in [0.15, 0.2) is 0 Å². The number of hydrogen-bond acceptors (Lipinski definition) is 4. The number of nitrogen functional groups attached to an aromatic ring is 1. The van der Waals surface area contributed by atoms with Crippen LogP contribution < -0.4 is 5.73 Å². The Hall–Kier alpha value is -0.820. The number of anilines is 1. The summed E-state index contributed by atoms with van der Waals surface area (Å²) in [6.45, 7) is 2.17. The molecule has 1 heterocycles. The topological polar surface area (TPSA) is 51.8 Å². The SMILES string of the molecule is CCCSCc1nc(N)c(I)c(-c2ccccc2)n1. The first-order chi connectivity index (χ1) is 9.22. The molecule has 0 bridgehead atoms. The Labute approximate surface area is 131 Å². The van der Waals surface area contributed by atoms with Gasteiger partial charge in [0.2, 0.25) is 0 Å². The summed E-state index contributed by atoms with van der Waals surface area (Å²) in [6.07, 6.45) is 1.16. The maximum absolute atomic E-state index is 6.00. The lowest BCUT2D eigenvalue weighted by atomic mass is 10.1. The fourth-order valence-corrected chi connectivity index (χ4v) is 2.97. The van der Waals surface area contributed by atoms with Crippen molar-refractivity contribution in [1.29, 1.82) is 0 Å². The first kappa shape index (κ1) is 14.6. The fourth-order valence-electron chi connectivity index (χ4n) is 1.67. The summed E-state index contributed by atoms with van der Waals surface area (Å²) in [7, 11) is 0. The lowest BCUT2D eigenvalue weighted by Gasteiger charge is -2.09. The summed E-state index contributed by atoms with van der Waals surface area (Å²) in [5.74, 6) is 3.32. The highest BCUT2D eigenvalue weighted by molar-refractivity contribution is 14.1. The number of benzene rings is 1. The minimum atomic E-state index is 0.571. The van der Waals surface area contributed by atoms with Gasteiger partial charge in [0.25, 0.3) is 0 Å². The van der Waals surface area contributed by atoms with E-state index >= 15 is 0 Å². The van der Waals surface area contributed by atoms with E-state index in [0.29, 0.717) is 5.82 Å². The lowest BCUT2D eigenvalue weighted by molar-refractivity contribution is 1.03. The minimum Gasteiger partial charge on any atom is -0.383 e. The third-order valence-corrected chi connectivity index (χ3v) is 4.77. The number of rotatable bonds is 5. The summed E-state index contributed by atoms with van der Waals surface area (Å²) in [6, 6.07) is 10.1. The summed E-state index contributed by atoms with van der Waals surface area (Å²) in [5.41, 5.74) is 8.01. The molecule has 0 radical (unpaired) electrons. The molecular weight excluding hydrogens is 369 g/mol. The predicted molar refractivity (Wildman–Crippen MR) is 91.1 cm³/mol. The summed E-state index contributed by atoms with van der Waals surface area (Å²) < 4.78 is 0.924. The van der Waals surface area contributed by atoms with E-state index in [9.17, 15) is 0 Å². The quantitative estimate of drug-likeness (QED) is 0.625. The molecule has 0 saturated heterocycles. The maximum Gasteiger partial charge on any atom is 0.141 e. The second-order valence-electron chi connectivity index (χ2n) is 4.11. The Balaban J connectivity index is 2.32. The van der Waals surface area contributed by atoms with Crippen LogP contribution in [0.25, 0.3) is 11.3 Å². The third kappa shape index (κ3) is 3.82. The molecule has 5 heteroatoms. The van der Waals surface area contributed by atoms with Crippen molar-refractivity contribution in [3.8, 4) is 11.3 Å². The van der Waals surface area contributed by atoms with Crippen molar-refractivity contribution < 1.29 is 0 Å². The predicted octanol–water partition coefficient (Wildman–Crippen LogP) is 3.97. The maximum atomic E-state index is 6.00. The van der Waals surface area contributed by atoms with Crippen molar-refractivity contribution in [2.24, 2.45) is 0 Å². The molecule has 2 rings (SSSR count). The number of halogens is 1. The van der Waals surface area contributed by atoms with Gasteiger partial charge in [0.1, 0.15) is 11.6 Å². The van der Waals surface area contributed by atoms with Gasteiger partial charge < -0.3 is 5.73 Å². The zero-order valence-corrected chi connectivity index (χ0v) is 13.7. The zero-order valence-electron chi connectivity index (χ0n) is 10.8.